The molecule has 1 nitrogen and oxygen atoms in total. The van der Waals surface area contributed by atoms with Gasteiger partial charge in [0.05, 0.1) is 0 Å². The fourth-order valence-corrected chi connectivity index (χ4v) is 2.86. The summed E-state index contributed by atoms with van der Waals surface area (Å²) in [5.41, 5.74) is 0. The van der Waals surface area contributed by atoms with Crippen molar-refractivity contribution in [1.82, 2.24) is 4.90 Å². The fourth-order valence-electron chi connectivity index (χ4n) is 1.91. The number of nitrogens with zero attached hydrogens (tertiary/aromatic N) is 1. The second-order valence-electron chi connectivity index (χ2n) is 5.04. The molecule has 0 saturated carbocycles. The molecular formula is C15H33NS. The third-order valence-corrected chi connectivity index (χ3v) is 4.27. The molecule has 0 atom stereocenters. The molecule has 0 aliphatic rings. The fraction of sp³-hybridized carbons (Fsp3) is 1.00. The van der Waals surface area contributed by atoms with E-state index in [1.807, 2.05) is 0 Å². The van der Waals surface area contributed by atoms with Gasteiger partial charge in [0.25, 0.3) is 0 Å². The van der Waals surface area contributed by atoms with Crippen molar-refractivity contribution in [3.63, 3.8) is 0 Å². The Labute approximate surface area is 114 Å². The van der Waals surface area contributed by atoms with Crippen molar-refractivity contribution < 1.29 is 0 Å². The molecule has 104 valence electrons. The Morgan fingerprint density at radius 3 is 2.00 bits per heavy atom. The maximum absolute atomic E-state index is 2.50. The Bertz CT molecular complexity index is 139. The van der Waals surface area contributed by atoms with Crippen LogP contribution in [0, 0.1) is 0 Å². The predicted molar refractivity (Wildman–Crippen MR) is 83.1 cm³/mol. The van der Waals surface area contributed by atoms with Crippen LogP contribution in [-0.4, -0.2) is 36.5 Å². The van der Waals surface area contributed by atoms with E-state index in [0.717, 1.165) is 0 Å². The first-order chi connectivity index (χ1) is 8.31. The van der Waals surface area contributed by atoms with Gasteiger partial charge in [-0.15, -0.1) is 0 Å². The highest BCUT2D eigenvalue weighted by Gasteiger charge is 1.98. The van der Waals surface area contributed by atoms with Gasteiger partial charge in [0.15, 0.2) is 0 Å². The Kier molecular flexibility index (Phi) is 14.6. The van der Waals surface area contributed by atoms with Gasteiger partial charge < -0.3 is 4.90 Å². The minimum Gasteiger partial charge on any atom is -0.306 e. The summed E-state index contributed by atoms with van der Waals surface area (Å²) in [5.74, 6) is 2.72. The molecule has 0 radical (unpaired) electrons. The van der Waals surface area contributed by atoms with E-state index in [9.17, 15) is 0 Å². The molecule has 0 amide bonds. The van der Waals surface area contributed by atoms with Crippen LogP contribution in [-0.2, 0) is 0 Å². The van der Waals surface area contributed by atoms with E-state index in [1.54, 1.807) is 0 Å². The molecule has 0 bridgehead atoms. The summed E-state index contributed by atoms with van der Waals surface area (Å²) in [6.07, 6.45) is 11.1. The molecule has 0 aliphatic carbocycles. The SMILES string of the molecule is CCCCCCN(C)CCCSCCCCC. The van der Waals surface area contributed by atoms with Crippen LogP contribution in [0.5, 0.6) is 0 Å². The summed E-state index contributed by atoms with van der Waals surface area (Å²) in [5, 5.41) is 0. The van der Waals surface area contributed by atoms with Gasteiger partial charge in [0, 0.05) is 0 Å². The first-order valence-corrected chi connectivity index (χ1v) is 8.73. The molecule has 0 aromatic rings. The van der Waals surface area contributed by atoms with Gasteiger partial charge in [0.1, 0.15) is 0 Å². The number of rotatable bonds is 13. The van der Waals surface area contributed by atoms with Crippen molar-refractivity contribution in [1.29, 1.82) is 0 Å². The lowest BCUT2D eigenvalue weighted by Gasteiger charge is -2.16. The molecule has 0 heterocycles. The highest BCUT2D eigenvalue weighted by molar-refractivity contribution is 7.99. The van der Waals surface area contributed by atoms with Crippen molar-refractivity contribution in [2.45, 2.75) is 65.2 Å². The van der Waals surface area contributed by atoms with E-state index in [1.165, 1.54) is 76.0 Å². The van der Waals surface area contributed by atoms with Crippen LogP contribution in [0.1, 0.15) is 65.2 Å². The van der Waals surface area contributed by atoms with Gasteiger partial charge in [-0.05, 0) is 50.9 Å². The predicted octanol–water partition coefficient (Wildman–Crippen LogP) is 4.81. The maximum Gasteiger partial charge on any atom is -0.00139 e. The van der Waals surface area contributed by atoms with E-state index in [2.05, 4.69) is 37.6 Å². The second-order valence-corrected chi connectivity index (χ2v) is 6.26. The smallest absolute Gasteiger partial charge is 0.00139 e. The van der Waals surface area contributed by atoms with Crippen molar-refractivity contribution >= 4 is 11.8 Å². The second kappa shape index (κ2) is 14.4. The molecular weight excluding hydrogens is 226 g/mol. The van der Waals surface area contributed by atoms with Crippen LogP contribution in [0.3, 0.4) is 0 Å². The van der Waals surface area contributed by atoms with Gasteiger partial charge in [-0.1, -0.05) is 46.0 Å². The third kappa shape index (κ3) is 14.2. The lowest BCUT2D eigenvalue weighted by Crippen LogP contribution is -2.21. The largest absolute Gasteiger partial charge is 0.306 e. The van der Waals surface area contributed by atoms with Gasteiger partial charge in [-0.2, -0.15) is 11.8 Å². The van der Waals surface area contributed by atoms with Crippen LogP contribution in [0.15, 0.2) is 0 Å². The summed E-state index contributed by atoms with van der Waals surface area (Å²) in [4.78, 5) is 2.50. The summed E-state index contributed by atoms with van der Waals surface area (Å²) in [7, 11) is 2.27. The monoisotopic (exact) mass is 259 g/mol. The van der Waals surface area contributed by atoms with E-state index >= 15 is 0 Å². The minimum atomic E-state index is 1.28. The van der Waals surface area contributed by atoms with Crippen molar-refractivity contribution in [2.24, 2.45) is 0 Å². The summed E-state index contributed by atoms with van der Waals surface area (Å²) in [6.45, 7) is 7.13. The quantitative estimate of drug-likeness (QED) is 0.437. The Hall–Kier alpha value is 0.310. The minimum absolute atomic E-state index is 1.28. The average Bonchev–Trinajstić information content (AvgIpc) is 2.33. The average molecular weight is 260 g/mol. The normalized spacial score (nSPS) is 11.3. The number of unbranched alkanes of at least 4 members (excludes halogenated alkanes) is 5. The molecule has 0 aromatic carbocycles. The topological polar surface area (TPSA) is 3.24 Å². The Morgan fingerprint density at radius 2 is 1.29 bits per heavy atom. The number of thioether (sulfide) groups is 1. The van der Waals surface area contributed by atoms with Gasteiger partial charge in [-0.3, -0.25) is 0 Å². The molecule has 0 saturated heterocycles. The molecule has 0 aromatic heterocycles. The molecule has 2 heteroatoms. The van der Waals surface area contributed by atoms with Gasteiger partial charge >= 0.3 is 0 Å². The van der Waals surface area contributed by atoms with Crippen LogP contribution < -0.4 is 0 Å². The van der Waals surface area contributed by atoms with E-state index in [-0.39, 0.29) is 0 Å². The third-order valence-electron chi connectivity index (χ3n) is 3.11. The molecule has 0 aliphatic heterocycles. The zero-order valence-corrected chi connectivity index (χ0v) is 13.2. The highest BCUT2D eigenvalue weighted by atomic mass is 32.2. The first kappa shape index (κ1) is 17.3. The Balaban J connectivity index is 3.08. The molecule has 17 heavy (non-hydrogen) atoms. The Morgan fingerprint density at radius 1 is 0.706 bits per heavy atom. The summed E-state index contributed by atoms with van der Waals surface area (Å²) >= 11 is 2.14. The standard InChI is InChI=1S/C15H33NS/c1-4-6-8-9-12-16(3)13-11-15-17-14-10-7-5-2/h4-15H2,1-3H3. The zero-order chi connectivity index (χ0) is 12.8. The lowest BCUT2D eigenvalue weighted by molar-refractivity contribution is 0.326. The zero-order valence-electron chi connectivity index (χ0n) is 12.3. The van der Waals surface area contributed by atoms with Gasteiger partial charge in [0.2, 0.25) is 0 Å². The van der Waals surface area contributed by atoms with Gasteiger partial charge in [-0.25, -0.2) is 0 Å². The van der Waals surface area contributed by atoms with Crippen molar-refractivity contribution in [2.75, 3.05) is 31.6 Å². The van der Waals surface area contributed by atoms with Crippen LogP contribution in [0.25, 0.3) is 0 Å². The van der Waals surface area contributed by atoms with E-state index in [0.29, 0.717) is 0 Å². The molecule has 0 N–H and O–H groups in total. The number of hydrogen-bond donors (Lipinski definition) is 0. The summed E-state index contributed by atoms with van der Waals surface area (Å²) < 4.78 is 0. The molecule has 0 fully saturated rings. The highest BCUT2D eigenvalue weighted by Crippen LogP contribution is 2.08. The molecule has 0 unspecified atom stereocenters. The van der Waals surface area contributed by atoms with E-state index < -0.39 is 0 Å². The van der Waals surface area contributed by atoms with Crippen molar-refractivity contribution in [3.8, 4) is 0 Å². The molecule has 0 rings (SSSR count). The van der Waals surface area contributed by atoms with Crippen LogP contribution in [0.2, 0.25) is 0 Å². The summed E-state index contributed by atoms with van der Waals surface area (Å²) in [6, 6.07) is 0. The maximum atomic E-state index is 2.50. The molecule has 0 spiro atoms. The lowest BCUT2D eigenvalue weighted by atomic mass is 10.2. The van der Waals surface area contributed by atoms with Crippen LogP contribution >= 0.6 is 11.8 Å². The van der Waals surface area contributed by atoms with Crippen molar-refractivity contribution in [3.05, 3.63) is 0 Å². The van der Waals surface area contributed by atoms with E-state index in [4.69, 9.17) is 0 Å². The number of hydrogen-bond acceptors (Lipinski definition) is 2. The van der Waals surface area contributed by atoms with Crippen LogP contribution in [0.4, 0.5) is 0 Å². The first-order valence-electron chi connectivity index (χ1n) is 7.57.